The molecule has 0 unspecified atom stereocenters. The molecule has 2 atom stereocenters. The van der Waals surface area contributed by atoms with Crippen LogP contribution in [0.5, 0.6) is 0 Å². The lowest BCUT2D eigenvalue weighted by molar-refractivity contribution is -0.163. The molecular formula is C22H29N3O4. The highest BCUT2D eigenvalue weighted by Gasteiger charge is 2.49. The molecular weight excluding hydrogens is 370 g/mol. The molecule has 156 valence electrons. The number of carboxylic acids is 1. The first-order valence-electron chi connectivity index (χ1n) is 10.1. The zero-order valence-corrected chi connectivity index (χ0v) is 17.5. The van der Waals surface area contributed by atoms with Gasteiger partial charge < -0.3 is 15.1 Å². The quantitative estimate of drug-likeness (QED) is 0.801. The number of aliphatic hydroxyl groups is 1. The maximum atomic E-state index is 13.2. The average Bonchev–Trinajstić information content (AvgIpc) is 2.67. The Morgan fingerprint density at radius 1 is 1.21 bits per heavy atom. The van der Waals surface area contributed by atoms with Gasteiger partial charge in [-0.1, -0.05) is 13.8 Å². The summed E-state index contributed by atoms with van der Waals surface area (Å²) in [6, 6.07) is 5.18. The van der Waals surface area contributed by atoms with Crippen LogP contribution in [0.4, 0.5) is 0 Å². The van der Waals surface area contributed by atoms with Crippen LogP contribution in [-0.2, 0) is 4.79 Å². The van der Waals surface area contributed by atoms with Crippen molar-refractivity contribution in [3.8, 4) is 0 Å². The molecule has 2 N–H and O–H groups in total. The number of carbonyl (C=O) groups excluding carboxylic acids is 1. The molecule has 1 aliphatic rings. The van der Waals surface area contributed by atoms with Gasteiger partial charge in [0, 0.05) is 18.7 Å². The van der Waals surface area contributed by atoms with Gasteiger partial charge in [-0.25, -0.2) is 9.97 Å². The van der Waals surface area contributed by atoms with E-state index in [0.717, 1.165) is 16.9 Å². The Bertz CT molecular complexity index is 943. The number of benzene rings is 1. The smallest absolute Gasteiger partial charge is 0.314 e. The summed E-state index contributed by atoms with van der Waals surface area (Å²) in [5.41, 5.74) is 2.13. The number of hydrogen-bond acceptors (Lipinski definition) is 5. The summed E-state index contributed by atoms with van der Waals surface area (Å²) in [5, 5.41) is 20.5. The summed E-state index contributed by atoms with van der Waals surface area (Å²) >= 11 is 0. The van der Waals surface area contributed by atoms with E-state index < -0.39 is 17.5 Å². The topological polar surface area (TPSA) is 104 Å². The van der Waals surface area contributed by atoms with Crippen molar-refractivity contribution in [2.24, 2.45) is 11.3 Å². The fourth-order valence-corrected chi connectivity index (χ4v) is 3.91. The van der Waals surface area contributed by atoms with Crippen molar-refractivity contribution in [1.29, 1.82) is 0 Å². The van der Waals surface area contributed by atoms with Crippen LogP contribution >= 0.6 is 0 Å². The van der Waals surface area contributed by atoms with E-state index in [1.807, 2.05) is 27.7 Å². The van der Waals surface area contributed by atoms with Crippen LogP contribution in [0.1, 0.15) is 54.9 Å². The van der Waals surface area contributed by atoms with Gasteiger partial charge in [0.1, 0.15) is 5.41 Å². The summed E-state index contributed by atoms with van der Waals surface area (Å²) in [7, 11) is 0. The number of aromatic nitrogens is 2. The Balaban J connectivity index is 1.89. The maximum absolute atomic E-state index is 13.2. The van der Waals surface area contributed by atoms with Gasteiger partial charge in [0.05, 0.1) is 28.5 Å². The lowest BCUT2D eigenvalue weighted by atomic mass is 9.72. The summed E-state index contributed by atoms with van der Waals surface area (Å²) in [6.07, 6.45) is 0.306. The van der Waals surface area contributed by atoms with Crippen molar-refractivity contribution in [2.45, 2.75) is 53.1 Å². The van der Waals surface area contributed by atoms with Gasteiger partial charge >= 0.3 is 5.97 Å². The molecule has 0 bridgehead atoms. The van der Waals surface area contributed by atoms with Gasteiger partial charge in [-0.3, -0.25) is 9.59 Å². The third kappa shape index (κ3) is 4.10. The molecule has 1 aromatic carbocycles. The second-order valence-corrected chi connectivity index (χ2v) is 8.52. The number of amides is 1. The molecule has 7 heteroatoms. The minimum Gasteiger partial charge on any atom is -0.481 e. The Hall–Kier alpha value is -2.54. The van der Waals surface area contributed by atoms with E-state index >= 15 is 0 Å². The Labute approximate surface area is 170 Å². The summed E-state index contributed by atoms with van der Waals surface area (Å²) in [6.45, 7) is 8.14. The summed E-state index contributed by atoms with van der Waals surface area (Å²) < 4.78 is 0. The molecule has 2 aromatic rings. The molecule has 1 saturated heterocycles. The van der Waals surface area contributed by atoms with Gasteiger partial charge in [-0.2, -0.15) is 0 Å². The van der Waals surface area contributed by atoms with Crippen molar-refractivity contribution < 1.29 is 19.8 Å². The molecule has 7 nitrogen and oxygen atoms in total. The Morgan fingerprint density at radius 3 is 2.48 bits per heavy atom. The first-order valence-corrected chi connectivity index (χ1v) is 10.1. The van der Waals surface area contributed by atoms with E-state index in [1.165, 1.54) is 0 Å². The number of piperidine rings is 1. The first-order chi connectivity index (χ1) is 13.6. The number of carboxylic acid groups (broad SMARTS) is 1. The third-order valence-corrected chi connectivity index (χ3v) is 5.99. The highest BCUT2D eigenvalue weighted by atomic mass is 16.4. The Kier molecular flexibility index (Phi) is 5.89. The molecule has 0 radical (unpaired) electrons. The van der Waals surface area contributed by atoms with Crippen molar-refractivity contribution in [3.63, 3.8) is 0 Å². The van der Waals surface area contributed by atoms with Crippen LogP contribution < -0.4 is 0 Å². The minimum atomic E-state index is -1.33. The molecule has 1 aliphatic heterocycles. The van der Waals surface area contributed by atoms with Crippen LogP contribution in [0, 0.1) is 25.2 Å². The van der Waals surface area contributed by atoms with E-state index in [-0.39, 0.29) is 18.9 Å². The van der Waals surface area contributed by atoms with Crippen molar-refractivity contribution in [3.05, 3.63) is 35.2 Å². The van der Waals surface area contributed by atoms with Gasteiger partial charge in [-0.05, 0) is 57.2 Å². The monoisotopic (exact) mass is 399 g/mol. The fourth-order valence-electron chi connectivity index (χ4n) is 3.91. The Morgan fingerprint density at radius 2 is 1.86 bits per heavy atom. The standard InChI is InChI=1S/C22H29N3O4/c1-13(2)7-9-22(21(28)29)12-25(10-8-19(22)26)20(27)16-5-6-17-18(11-16)24-15(4)14(3)23-17/h5-6,11,13,19,26H,7-10,12H2,1-4H3,(H,28,29)/t19-,22+/m0/s1. The van der Waals surface area contributed by atoms with E-state index in [9.17, 15) is 19.8 Å². The van der Waals surface area contributed by atoms with Gasteiger partial charge in [0.25, 0.3) is 5.91 Å². The highest BCUT2D eigenvalue weighted by molar-refractivity contribution is 5.97. The largest absolute Gasteiger partial charge is 0.481 e. The molecule has 1 fully saturated rings. The van der Waals surface area contributed by atoms with Crippen LogP contribution in [0.25, 0.3) is 11.0 Å². The number of hydrogen-bond donors (Lipinski definition) is 2. The number of rotatable bonds is 5. The van der Waals surface area contributed by atoms with Crippen molar-refractivity contribution >= 4 is 22.9 Å². The number of aliphatic hydroxyl groups excluding tert-OH is 1. The molecule has 0 aliphatic carbocycles. The van der Waals surface area contributed by atoms with Gasteiger partial charge in [0.2, 0.25) is 0 Å². The fraction of sp³-hybridized carbons (Fsp3) is 0.545. The number of fused-ring (bicyclic) bond motifs is 1. The second-order valence-electron chi connectivity index (χ2n) is 8.52. The van der Waals surface area contributed by atoms with E-state index in [2.05, 4.69) is 9.97 Å². The second kappa shape index (κ2) is 8.06. The van der Waals surface area contributed by atoms with Crippen LogP contribution in [0.15, 0.2) is 18.2 Å². The van der Waals surface area contributed by atoms with Crippen LogP contribution in [-0.4, -0.2) is 56.2 Å². The van der Waals surface area contributed by atoms with E-state index in [0.29, 0.717) is 36.4 Å². The first kappa shape index (κ1) is 21.2. The molecule has 3 rings (SSSR count). The number of carbonyl (C=O) groups is 2. The van der Waals surface area contributed by atoms with Crippen LogP contribution in [0.3, 0.4) is 0 Å². The molecule has 1 aromatic heterocycles. The molecule has 0 spiro atoms. The zero-order chi connectivity index (χ0) is 21.3. The normalized spacial score (nSPS) is 22.3. The summed E-state index contributed by atoms with van der Waals surface area (Å²) in [4.78, 5) is 35.8. The third-order valence-electron chi connectivity index (χ3n) is 5.99. The SMILES string of the molecule is Cc1nc2ccc(C(=O)N3CC[C@H](O)[C@](CCC(C)C)(C(=O)O)C3)cc2nc1C. The molecule has 29 heavy (non-hydrogen) atoms. The number of likely N-dealkylation sites (tertiary alicyclic amines) is 1. The summed E-state index contributed by atoms with van der Waals surface area (Å²) in [5.74, 6) is -0.970. The number of aryl methyl sites for hydroxylation is 2. The zero-order valence-electron chi connectivity index (χ0n) is 17.5. The average molecular weight is 399 g/mol. The minimum absolute atomic E-state index is 0.00565. The molecule has 0 saturated carbocycles. The maximum Gasteiger partial charge on any atom is 0.314 e. The predicted octanol–water partition coefficient (Wildman–Crippen LogP) is 2.96. The van der Waals surface area contributed by atoms with Crippen molar-refractivity contribution in [1.82, 2.24) is 14.9 Å². The number of aliphatic carboxylic acids is 1. The lowest BCUT2D eigenvalue weighted by Gasteiger charge is -2.43. The van der Waals surface area contributed by atoms with E-state index in [1.54, 1.807) is 23.1 Å². The van der Waals surface area contributed by atoms with Gasteiger partial charge in [-0.15, -0.1) is 0 Å². The highest BCUT2D eigenvalue weighted by Crippen LogP contribution is 2.37. The number of nitrogens with zero attached hydrogens (tertiary/aromatic N) is 3. The van der Waals surface area contributed by atoms with Crippen LogP contribution in [0.2, 0.25) is 0 Å². The van der Waals surface area contributed by atoms with E-state index in [4.69, 9.17) is 0 Å². The molecule has 1 amide bonds. The van der Waals surface area contributed by atoms with Crippen molar-refractivity contribution in [2.75, 3.05) is 13.1 Å². The molecule has 2 heterocycles. The van der Waals surface area contributed by atoms with Gasteiger partial charge in [0.15, 0.2) is 0 Å². The lowest BCUT2D eigenvalue weighted by Crippen LogP contribution is -2.57. The predicted molar refractivity (Wildman–Crippen MR) is 110 cm³/mol.